The molecule has 0 bridgehead atoms. The highest BCUT2D eigenvalue weighted by Crippen LogP contribution is 2.15. The minimum atomic E-state index is -0.797. The van der Waals surface area contributed by atoms with Crippen molar-refractivity contribution in [2.45, 2.75) is 6.42 Å². The molecule has 0 radical (unpaired) electrons. The first-order chi connectivity index (χ1) is 5.11. The minimum Gasteiger partial charge on any atom is -0.481 e. The molecule has 1 heterocycles. The van der Waals surface area contributed by atoms with Crippen molar-refractivity contribution in [3.63, 3.8) is 0 Å². The van der Waals surface area contributed by atoms with Crippen molar-refractivity contribution in [3.05, 3.63) is 0 Å². The number of nitrogens with zero attached hydrogens (tertiary/aromatic N) is 1. The summed E-state index contributed by atoms with van der Waals surface area (Å²) in [6.45, 7) is 0.969. The van der Waals surface area contributed by atoms with Crippen LogP contribution in [0.2, 0.25) is 0 Å². The monoisotopic (exact) mass is 155 g/mol. The summed E-state index contributed by atoms with van der Waals surface area (Å²) >= 11 is 0. The highest BCUT2D eigenvalue weighted by molar-refractivity contribution is 6.56. The second-order valence-corrected chi connectivity index (χ2v) is 2.79. The highest BCUT2D eigenvalue weighted by atomic mass is 16.4. The predicted octanol–water partition coefficient (Wildman–Crippen LogP) is -0.854. The van der Waals surface area contributed by atoms with E-state index in [0.29, 0.717) is 19.5 Å². The number of carbonyl (C=O) groups is 2. The van der Waals surface area contributed by atoms with E-state index in [-0.39, 0.29) is 11.7 Å². The zero-order chi connectivity index (χ0) is 8.43. The van der Waals surface area contributed by atoms with Crippen LogP contribution in [0.5, 0.6) is 0 Å². The second-order valence-electron chi connectivity index (χ2n) is 2.79. The standard InChI is InChI=1S/C6H10BNO3/c7-6(11)8-2-1-4(3-8)5(9)10/h4H,1-3,7H2,(H,9,10). The van der Waals surface area contributed by atoms with Gasteiger partial charge < -0.3 is 10.0 Å². The maximum absolute atomic E-state index is 10.7. The molecule has 1 fully saturated rings. The zero-order valence-electron chi connectivity index (χ0n) is 6.41. The lowest BCUT2D eigenvalue weighted by molar-refractivity contribution is -0.141. The van der Waals surface area contributed by atoms with Crippen molar-refractivity contribution < 1.29 is 14.7 Å². The highest BCUT2D eigenvalue weighted by Gasteiger charge is 2.28. The molecular weight excluding hydrogens is 145 g/mol. The van der Waals surface area contributed by atoms with Crippen LogP contribution in [0.1, 0.15) is 6.42 Å². The van der Waals surface area contributed by atoms with Crippen molar-refractivity contribution in [1.29, 1.82) is 0 Å². The van der Waals surface area contributed by atoms with Crippen LogP contribution < -0.4 is 0 Å². The molecule has 0 saturated carbocycles. The molecule has 0 aromatic rings. The van der Waals surface area contributed by atoms with E-state index >= 15 is 0 Å². The van der Waals surface area contributed by atoms with Gasteiger partial charge in [-0.1, -0.05) is 0 Å². The summed E-state index contributed by atoms with van der Waals surface area (Å²) in [5.41, 5.74) is 0. The van der Waals surface area contributed by atoms with Gasteiger partial charge in [0.15, 0.2) is 5.81 Å². The molecule has 0 aromatic heterocycles. The Balaban J connectivity index is 2.47. The van der Waals surface area contributed by atoms with Crippen LogP contribution in [-0.4, -0.2) is 42.7 Å². The fourth-order valence-electron chi connectivity index (χ4n) is 1.25. The lowest BCUT2D eigenvalue weighted by Crippen LogP contribution is -2.28. The van der Waals surface area contributed by atoms with E-state index < -0.39 is 5.97 Å². The Morgan fingerprint density at radius 3 is 2.45 bits per heavy atom. The Hall–Kier alpha value is -0.995. The van der Waals surface area contributed by atoms with Gasteiger partial charge in [0.05, 0.1) is 5.92 Å². The molecule has 1 rings (SSSR count). The van der Waals surface area contributed by atoms with Gasteiger partial charge in [0.1, 0.15) is 0 Å². The zero-order valence-corrected chi connectivity index (χ0v) is 6.41. The molecule has 1 aliphatic heterocycles. The predicted molar refractivity (Wildman–Crippen MR) is 41.3 cm³/mol. The van der Waals surface area contributed by atoms with Crippen LogP contribution in [-0.2, 0) is 4.79 Å². The SMILES string of the molecule is BC(=O)N1CCC(C(=O)O)C1. The summed E-state index contributed by atoms with van der Waals surface area (Å²) in [5.74, 6) is -1.18. The number of hydrogen-bond donors (Lipinski definition) is 1. The van der Waals surface area contributed by atoms with Crippen LogP contribution in [0.4, 0.5) is 4.79 Å². The molecule has 60 valence electrons. The molecule has 1 aliphatic rings. The molecule has 5 heteroatoms. The van der Waals surface area contributed by atoms with Gasteiger partial charge >= 0.3 is 5.97 Å². The molecule has 11 heavy (non-hydrogen) atoms. The van der Waals surface area contributed by atoms with Crippen LogP contribution in [0, 0.1) is 5.92 Å². The van der Waals surface area contributed by atoms with E-state index in [1.807, 2.05) is 0 Å². The Morgan fingerprint density at radius 2 is 2.18 bits per heavy atom. The lowest BCUT2D eigenvalue weighted by atomic mass is 10.1. The summed E-state index contributed by atoms with van der Waals surface area (Å²) in [6.07, 6.45) is 0.592. The van der Waals surface area contributed by atoms with Crippen LogP contribution in [0.25, 0.3) is 0 Å². The largest absolute Gasteiger partial charge is 0.481 e. The van der Waals surface area contributed by atoms with E-state index in [1.54, 1.807) is 4.90 Å². The lowest BCUT2D eigenvalue weighted by Gasteiger charge is -2.12. The number of likely N-dealkylation sites (tertiary alicyclic amines) is 1. The van der Waals surface area contributed by atoms with Crippen LogP contribution in [0.15, 0.2) is 0 Å². The van der Waals surface area contributed by atoms with Gasteiger partial charge in [-0.3, -0.25) is 9.59 Å². The van der Waals surface area contributed by atoms with E-state index in [0.717, 1.165) is 0 Å². The van der Waals surface area contributed by atoms with Crippen molar-refractivity contribution in [1.82, 2.24) is 4.90 Å². The quantitative estimate of drug-likeness (QED) is 0.501. The van der Waals surface area contributed by atoms with Crippen molar-refractivity contribution in [2.24, 2.45) is 5.92 Å². The van der Waals surface area contributed by atoms with Crippen LogP contribution >= 0.6 is 0 Å². The smallest absolute Gasteiger partial charge is 0.308 e. The molecule has 1 saturated heterocycles. The first kappa shape index (κ1) is 8.10. The molecule has 4 nitrogen and oxygen atoms in total. The first-order valence-electron chi connectivity index (χ1n) is 3.59. The molecular formula is C6H10BNO3. The summed E-state index contributed by atoms with van der Waals surface area (Å²) in [5, 5.41) is 8.57. The fraction of sp³-hybridized carbons (Fsp3) is 0.667. The van der Waals surface area contributed by atoms with Gasteiger partial charge in [-0.05, 0) is 6.42 Å². The van der Waals surface area contributed by atoms with Gasteiger partial charge in [0.2, 0.25) is 7.85 Å². The molecule has 1 N–H and O–H groups in total. The third-order valence-corrected chi connectivity index (χ3v) is 1.98. The average molecular weight is 155 g/mol. The Bertz CT molecular complexity index is 174. The summed E-state index contributed by atoms with van der Waals surface area (Å²) in [7, 11) is 1.46. The topological polar surface area (TPSA) is 57.6 Å². The summed E-state index contributed by atoms with van der Waals surface area (Å²) < 4.78 is 0. The normalized spacial score (nSPS) is 23.6. The molecule has 0 aromatic carbocycles. The number of carbonyl (C=O) groups excluding carboxylic acids is 1. The number of amides is 1. The maximum atomic E-state index is 10.7. The third kappa shape index (κ3) is 1.72. The molecule has 0 spiro atoms. The Kier molecular flexibility index (Phi) is 2.17. The van der Waals surface area contributed by atoms with Gasteiger partial charge in [-0.15, -0.1) is 0 Å². The Labute approximate surface area is 65.6 Å². The van der Waals surface area contributed by atoms with Crippen LogP contribution in [0.3, 0.4) is 0 Å². The molecule has 0 aliphatic carbocycles. The number of hydrogen-bond acceptors (Lipinski definition) is 2. The van der Waals surface area contributed by atoms with Gasteiger partial charge in [-0.25, -0.2) is 0 Å². The van der Waals surface area contributed by atoms with Gasteiger partial charge in [0.25, 0.3) is 0 Å². The van der Waals surface area contributed by atoms with Crippen molar-refractivity contribution in [3.8, 4) is 0 Å². The molecule has 1 atom stereocenters. The second kappa shape index (κ2) is 2.94. The number of aliphatic carboxylic acids is 1. The molecule has 1 amide bonds. The maximum Gasteiger partial charge on any atom is 0.308 e. The summed E-state index contributed by atoms with van der Waals surface area (Å²) in [6, 6.07) is 0. The average Bonchev–Trinajstić information content (AvgIpc) is 2.33. The van der Waals surface area contributed by atoms with Crippen molar-refractivity contribution in [2.75, 3.05) is 13.1 Å². The third-order valence-electron chi connectivity index (χ3n) is 1.98. The van der Waals surface area contributed by atoms with Gasteiger partial charge in [-0.2, -0.15) is 0 Å². The van der Waals surface area contributed by atoms with E-state index in [9.17, 15) is 9.59 Å². The van der Waals surface area contributed by atoms with E-state index in [1.165, 1.54) is 7.85 Å². The number of carboxylic acids is 1. The van der Waals surface area contributed by atoms with E-state index in [4.69, 9.17) is 5.11 Å². The number of carboxylic acid groups (broad SMARTS) is 1. The minimum absolute atomic E-state index is 0.0336. The fourth-order valence-corrected chi connectivity index (χ4v) is 1.25. The van der Waals surface area contributed by atoms with E-state index in [2.05, 4.69) is 0 Å². The Morgan fingerprint density at radius 1 is 1.55 bits per heavy atom. The number of rotatable bonds is 1. The molecule has 1 unspecified atom stereocenters. The first-order valence-corrected chi connectivity index (χ1v) is 3.59. The van der Waals surface area contributed by atoms with Crippen molar-refractivity contribution >= 4 is 19.6 Å². The van der Waals surface area contributed by atoms with Gasteiger partial charge in [0, 0.05) is 13.1 Å². The summed E-state index contributed by atoms with van der Waals surface area (Å²) in [4.78, 5) is 22.7.